The molecule has 0 bridgehead atoms. The summed E-state index contributed by atoms with van der Waals surface area (Å²) in [6.45, 7) is 2.31. The number of halogens is 1. The number of nitrogens with one attached hydrogen (secondary N) is 1. The number of carbonyl (C=O) groups is 1. The van der Waals surface area contributed by atoms with E-state index >= 15 is 0 Å². The van der Waals surface area contributed by atoms with Crippen LogP contribution in [0.25, 0.3) is 0 Å². The summed E-state index contributed by atoms with van der Waals surface area (Å²) in [5, 5.41) is 15.3. The number of hydrogen-bond acceptors (Lipinski definition) is 6. The maximum atomic E-state index is 12.0. The van der Waals surface area contributed by atoms with Gasteiger partial charge in [-0.2, -0.15) is 5.10 Å². The van der Waals surface area contributed by atoms with Gasteiger partial charge < -0.3 is 9.64 Å². The van der Waals surface area contributed by atoms with Crippen molar-refractivity contribution < 1.29 is 14.5 Å². The predicted octanol–water partition coefficient (Wildman–Crippen LogP) is 2.96. The smallest absolute Gasteiger partial charge is 0.293 e. The van der Waals surface area contributed by atoms with Gasteiger partial charge in [-0.15, -0.1) is 0 Å². The minimum Gasteiger partial charge on any atom is -0.378 e. The number of carbonyl (C=O) groups excluding carboxylic acids is 1. The van der Waals surface area contributed by atoms with Gasteiger partial charge in [-0.3, -0.25) is 14.9 Å². The average molecular weight is 433 g/mol. The van der Waals surface area contributed by atoms with Crippen molar-refractivity contribution >= 4 is 39.4 Å². The lowest BCUT2D eigenvalue weighted by Crippen LogP contribution is -2.36. The normalized spacial score (nSPS) is 14.3. The van der Waals surface area contributed by atoms with Crippen molar-refractivity contribution in [3.8, 4) is 0 Å². The number of benzene rings is 2. The number of hydrazone groups is 1. The molecule has 140 valence electrons. The fraction of sp³-hybridized carbons (Fsp3) is 0.222. The SMILES string of the molecule is O=C(N/N=C\c1ccc(N2CCOCC2)c([N+](=O)[O-])c1)c1ccc(Br)cc1. The molecule has 1 saturated heterocycles. The number of nitrogens with zero attached hydrogens (tertiary/aromatic N) is 3. The molecule has 0 atom stereocenters. The van der Waals surface area contributed by atoms with Crippen molar-refractivity contribution in [1.82, 2.24) is 5.43 Å². The van der Waals surface area contributed by atoms with Crippen molar-refractivity contribution in [2.45, 2.75) is 0 Å². The molecule has 27 heavy (non-hydrogen) atoms. The molecule has 0 aromatic heterocycles. The molecular weight excluding hydrogens is 416 g/mol. The highest BCUT2D eigenvalue weighted by Crippen LogP contribution is 2.29. The van der Waals surface area contributed by atoms with Gasteiger partial charge in [0.15, 0.2) is 0 Å². The number of rotatable bonds is 5. The molecular formula is C18H17BrN4O4. The molecule has 2 aromatic carbocycles. The number of morpholine rings is 1. The zero-order chi connectivity index (χ0) is 19.2. The van der Waals surface area contributed by atoms with E-state index in [-0.39, 0.29) is 11.6 Å². The highest BCUT2D eigenvalue weighted by Gasteiger charge is 2.21. The second-order valence-corrected chi connectivity index (χ2v) is 6.73. The molecule has 1 aliphatic rings. The first-order valence-electron chi connectivity index (χ1n) is 8.25. The van der Waals surface area contributed by atoms with E-state index in [9.17, 15) is 14.9 Å². The van der Waals surface area contributed by atoms with Gasteiger partial charge in [-0.25, -0.2) is 5.43 Å². The number of hydrogen-bond donors (Lipinski definition) is 1. The van der Waals surface area contributed by atoms with Crippen LogP contribution in [0.4, 0.5) is 11.4 Å². The van der Waals surface area contributed by atoms with Crippen molar-refractivity contribution in [3.63, 3.8) is 0 Å². The van der Waals surface area contributed by atoms with Crippen molar-refractivity contribution in [3.05, 3.63) is 68.2 Å². The molecule has 0 unspecified atom stereocenters. The van der Waals surface area contributed by atoms with Crippen molar-refractivity contribution in [1.29, 1.82) is 0 Å². The van der Waals surface area contributed by atoms with Crippen LogP contribution in [0, 0.1) is 10.1 Å². The maximum absolute atomic E-state index is 12.0. The van der Waals surface area contributed by atoms with E-state index in [2.05, 4.69) is 26.5 Å². The van der Waals surface area contributed by atoms with Crippen LogP contribution >= 0.6 is 15.9 Å². The van der Waals surface area contributed by atoms with E-state index in [0.717, 1.165) is 4.47 Å². The van der Waals surface area contributed by atoms with Crippen LogP contribution in [-0.2, 0) is 4.74 Å². The number of nitro benzene ring substituents is 1. The molecule has 1 heterocycles. The zero-order valence-corrected chi connectivity index (χ0v) is 15.9. The van der Waals surface area contributed by atoms with Crippen LogP contribution in [-0.4, -0.2) is 43.3 Å². The van der Waals surface area contributed by atoms with Crippen molar-refractivity contribution in [2.75, 3.05) is 31.2 Å². The fourth-order valence-corrected chi connectivity index (χ4v) is 2.93. The molecule has 1 aliphatic heterocycles. The topological polar surface area (TPSA) is 97.1 Å². The molecule has 0 aliphatic carbocycles. The first-order valence-corrected chi connectivity index (χ1v) is 9.04. The standard InChI is InChI=1S/C18H17BrN4O4/c19-15-4-2-14(3-5-15)18(24)21-20-12-13-1-6-16(17(11-13)23(25)26)22-7-9-27-10-8-22/h1-6,11-12H,7-10H2,(H,21,24)/b20-12-. The van der Waals surface area contributed by atoms with Gasteiger partial charge in [-0.1, -0.05) is 22.0 Å². The molecule has 0 radical (unpaired) electrons. The molecule has 0 spiro atoms. The van der Waals surface area contributed by atoms with Gasteiger partial charge in [0, 0.05) is 34.8 Å². The summed E-state index contributed by atoms with van der Waals surface area (Å²) in [6.07, 6.45) is 1.38. The molecule has 1 fully saturated rings. The summed E-state index contributed by atoms with van der Waals surface area (Å²) in [6, 6.07) is 11.7. The third-order valence-electron chi connectivity index (χ3n) is 4.03. The van der Waals surface area contributed by atoms with Crippen molar-refractivity contribution in [2.24, 2.45) is 5.10 Å². The first-order chi connectivity index (χ1) is 13.0. The van der Waals surface area contributed by atoms with E-state index < -0.39 is 4.92 Å². The number of ether oxygens (including phenoxy) is 1. The van der Waals surface area contributed by atoms with Crippen LogP contribution in [0.2, 0.25) is 0 Å². The Bertz CT molecular complexity index is 864. The van der Waals surface area contributed by atoms with Gasteiger partial charge in [-0.05, 0) is 30.3 Å². The molecule has 2 aromatic rings. The number of amides is 1. The van der Waals surface area contributed by atoms with Crippen LogP contribution in [0.3, 0.4) is 0 Å². The number of anilines is 1. The summed E-state index contributed by atoms with van der Waals surface area (Å²) in [7, 11) is 0. The number of nitro groups is 1. The fourth-order valence-electron chi connectivity index (χ4n) is 2.67. The third-order valence-corrected chi connectivity index (χ3v) is 4.56. The van der Waals surface area contributed by atoms with Gasteiger partial charge in [0.1, 0.15) is 5.69 Å². The molecule has 9 heteroatoms. The van der Waals surface area contributed by atoms with E-state index in [4.69, 9.17) is 4.74 Å². The summed E-state index contributed by atoms with van der Waals surface area (Å²) < 4.78 is 6.16. The predicted molar refractivity (Wildman–Crippen MR) is 105 cm³/mol. The highest BCUT2D eigenvalue weighted by molar-refractivity contribution is 9.10. The summed E-state index contributed by atoms with van der Waals surface area (Å²) >= 11 is 3.30. The zero-order valence-electron chi connectivity index (χ0n) is 14.3. The average Bonchev–Trinajstić information content (AvgIpc) is 2.69. The largest absolute Gasteiger partial charge is 0.378 e. The summed E-state index contributed by atoms with van der Waals surface area (Å²) in [5.74, 6) is -0.363. The van der Waals surface area contributed by atoms with Gasteiger partial charge in [0.25, 0.3) is 11.6 Å². The lowest BCUT2D eigenvalue weighted by atomic mass is 10.1. The van der Waals surface area contributed by atoms with Gasteiger partial charge in [0.05, 0.1) is 24.4 Å². The Balaban J connectivity index is 1.71. The Morgan fingerprint density at radius 2 is 1.93 bits per heavy atom. The summed E-state index contributed by atoms with van der Waals surface area (Å²) in [5.41, 5.74) is 3.95. The second kappa shape index (κ2) is 8.74. The van der Waals surface area contributed by atoms with Crippen LogP contribution < -0.4 is 10.3 Å². The Morgan fingerprint density at radius 1 is 1.22 bits per heavy atom. The van der Waals surface area contributed by atoms with E-state index in [1.807, 2.05) is 4.90 Å². The molecule has 8 nitrogen and oxygen atoms in total. The molecule has 3 rings (SSSR count). The second-order valence-electron chi connectivity index (χ2n) is 5.81. The molecule has 1 amide bonds. The third kappa shape index (κ3) is 4.89. The Labute approximate surface area is 164 Å². The van der Waals surface area contributed by atoms with E-state index in [1.165, 1.54) is 12.3 Å². The Morgan fingerprint density at radius 3 is 2.59 bits per heavy atom. The first kappa shape index (κ1) is 19.0. The molecule has 0 saturated carbocycles. The lowest BCUT2D eigenvalue weighted by molar-refractivity contribution is -0.384. The van der Waals surface area contributed by atoms with Crippen LogP contribution in [0.5, 0.6) is 0 Å². The Hall–Kier alpha value is -2.78. The summed E-state index contributed by atoms with van der Waals surface area (Å²) in [4.78, 5) is 25.0. The molecule has 1 N–H and O–H groups in total. The van der Waals surface area contributed by atoms with E-state index in [1.54, 1.807) is 36.4 Å². The van der Waals surface area contributed by atoms with Gasteiger partial charge >= 0.3 is 0 Å². The minimum absolute atomic E-state index is 0.0000797. The highest BCUT2D eigenvalue weighted by atomic mass is 79.9. The van der Waals surface area contributed by atoms with Crippen LogP contribution in [0.1, 0.15) is 15.9 Å². The van der Waals surface area contributed by atoms with E-state index in [0.29, 0.717) is 43.1 Å². The minimum atomic E-state index is -0.414. The maximum Gasteiger partial charge on any atom is 0.293 e. The Kier molecular flexibility index (Phi) is 6.15. The van der Waals surface area contributed by atoms with Gasteiger partial charge in [0.2, 0.25) is 0 Å². The monoisotopic (exact) mass is 432 g/mol. The quantitative estimate of drug-likeness (QED) is 0.444. The lowest BCUT2D eigenvalue weighted by Gasteiger charge is -2.28. The van der Waals surface area contributed by atoms with Crippen LogP contribution in [0.15, 0.2) is 52.0 Å².